The van der Waals surface area contributed by atoms with Crippen molar-refractivity contribution >= 4 is 21.6 Å². The van der Waals surface area contributed by atoms with Gasteiger partial charge in [-0.25, -0.2) is 8.42 Å². The number of piperidine rings is 1. The van der Waals surface area contributed by atoms with Gasteiger partial charge in [-0.15, -0.1) is 0 Å². The van der Waals surface area contributed by atoms with Gasteiger partial charge in [-0.3, -0.25) is 4.79 Å². The van der Waals surface area contributed by atoms with E-state index in [0.29, 0.717) is 24.7 Å². The number of nitrogens with zero attached hydrogens (tertiary/aromatic N) is 1. The van der Waals surface area contributed by atoms with Gasteiger partial charge in [0.2, 0.25) is 15.9 Å². The van der Waals surface area contributed by atoms with E-state index in [-0.39, 0.29) is 16.6 Å². The van der Waals surface area contributed by atoms with Crippen molar-refractivity contribution in [2.45, 2.75) is 31.6 Å². The Hall–Kier alpha value is -1.60. The highest BCUT2D eigenvalue weighted by Gasteiger charge is 2.31. The Morgan fingerprint density at radius 1 is 1.41 bits per heavy atom. The van der Waals surface area contributed by atoms with Gasteiger partial charge in [-0.1, -0.05) is 6.92 Å². The van der Waals surface area contributed by atoms with Crippen LogP contribution in [-0.4, -0.2) is 38.8 Å². The molecular formula is C15H22N2O4S. The molecule has 1 aromatic rings. The predicted molar refractivity (Wildman–Crippen MR) is 84.5 cm³/mol. The summed E-state index contributed by atoms with van der Waals surface area (Å²) in [5.41, 5.74) is 0.442. The normalized spacial score (nSPS) is 19.7. The molecule has 22 heavy (non-hydrogen) atoms. The number of carbonyl (C=O) groups excluding carboxylic acids is 1. The smallest absolute Gasteiger partial charge is 0.246 e. The molecule has 122 valence electrons. The molecule has 0 aliphatic carbocycles. The van der Waals surface area contributed by atoms with E-state index in [4.69, 9.17) is 4.74 Å². The molecule has 0 radical (unpaired) electrons. The SMILES string of the molecule is COc1ccc(NC(C)=O)cc1S(=O)(=O)N1CCC[C@@H](C)C1. The molecule has 1 aliphatic rings. The van der Waals surface area contributed by atoms with Crippen molar-refractivity contribution in [3.63, 3.8) is 0 Å². The highest BCUT2D eigenvalue weighted by molar-refractivity contribution is 7.89. The maximum atomic E-state index is 12.9. The molecule has 1 saturated heterocycles. The van der Waals surface area contributed by atoms with Gasteiger partial charge in [0.15, 0.2) is 0 Å². The van der Waals surface area contributed by atoms with Crippen LogP contribution in [0.15, 0.2) is 23.1 Å². The van der Waals surface area contributed by atoms with Crippen molar-refractivity contribution in [3.05, 3.63) is 18.2 Å². The third-order valence-corrected chi connectivity index (χ3v) is 5.61. The first kappa shape index (κ1) is 16.8. The zero-order valence-corrected chi connectivity index (χ0v) is 13.9. The highest BCUT2D eigenvalue weighted by atomic mass is 32.2. The molecule has 0 unspecified atom stereocenters. The Balaban J connectivity index is 2.41. The van der Waals surface area contributed by atoms with Crippen LogP contribution >= 0.6 is 0 Å². The number of rotatable bonds is 4. The van der Waals surface area contributed by atoms with Gasteiger partial charge in [0.25, 0.3) is 0 Å². The zero-order chi connectivity index (χ0) is 16.3. The monoisotopic (exact) mass is 326 g/mol. The van der Waals surface area contributed by atoms with E-state index in [2.05, 4.69) is 5.32 Å². The number of hydrogen-bond acceptors (Lipinski definition) is 4. The maximum Gasteiger partial charge on any atom is 0.246 e. The van der Waals surface area contributed by atoms with Crippen molar-refractivity contribution < 1.29 is 17.9 Å². The molecular weight excluding hydrogens is 304 g/mol. The lowest BCUT2D eigenvalue weighted by atomic mass is 10.0. The molecule has 1 N–H and O–H groups in total. The molecule has 1 amide bonds. The van der Waals surface area contributed by atoms with Crippen LogP contribution in [0.5, 0.6) is 5.75 Å². The van der Waals surface area contributed by atoms with E-state index in [1.54, 1.807) is 12.1 Å². The molecule has 1 heterocycles. The second-order valence-electron chi connectivity index (χ2n) is 5.66. The molecule has 1 aromatic carbocycles. The Morgan fingerprint density at radius 2 is 2.14 bits per heavy atom. The van der Waals surface area contributed by atoms with Crippen molar-refractivity contribution in [3.8, 4) is 5.75 Å². The first-order chi connectivity index (χ1) is 10.3. The lowest BCUT2D eigenvalue weighted by Crippen LogP contribution is -2.39. The fourth-order valence-corrected chi connectivity index (χ4v) is 4.44. The van der Waals surface area contributed by atoms with E-state index in [0.717, 1.165) is 12.8 Å². The molecule has 0 aromatic heterocycles. The summed E-state index contributed by atoms with van der Waals surface area (Å²) in [6.07, 6.45) is 1.89. The second-order valence-corrected chi connectivity index (χ2v) is 7.56. The molecule has 1 aliphatic heterocycles. The number of amides is 1. The number of carbonyl (C=O) groups is 1. The lowest BCUT2D eigenvalue weighted by Gasteiger charge is -2.30. The van der Waals surface area contributed by atoms with E-state index in [9.17, 15) is 13.2 Å². The number of sulfonamides is 1. The summed E-state index contributed by atoms with van der Waals surface area (Å²) in [5.74, 6) is 0.375. The van der Waals surface area contributed by atoms with Gasteiger partial charge in [-0.2, -0.15) is 4.31 Å². The zero-order valence-electron chi connectivity index (χ0n) is 13.1. The Morgan fingerprint density at radius 3 is 2.73 bits per heavy atom. The van der Waals surface area contributed by atoms with Crippen LogP contribution in [0.4, 0.5) is 5.69 Å². The van der Waals surface area contributed by atoms with Crippen molar-refractivity contribution in [2.75, 3.05) is 25.5 Å². The highest BCUT2D eigenvalue weighted by Crippen LogP contribution is 2.31. The van der Waals surface area contributed by atoms with E-state index in [1.165, 1.54) is 24.4 Å². The number of anilines is 1. The van der Waals surface area contributed by atoms with Gasteiger partial charge >= 0.3 is 0 Å². The van der Waals surface area contributed by atoms with Crippen LogP contribution < -0.4 is 10.1 Å². The first-order valence-electron chi connectivity index (χ1n) is 7.30. The number of benzene rings is 1. The summed E-state index contributed by atoms with van der Waals surface area (Å²) in [5, 5.41) is 2.60. The van der Waals surface area contributed by atoms with Crippen LogP contribution in [0.1, 0.15) is 26.7 Å². The van der Waals surface area contributed by atoms with Crippen LogP contribution in [0.2, 0.25) is 0 Å². The van der Waals surface area contributed by atoms with E-state index < -0.39 is 10.0 Å². The Labute approximate surface area is 131 Å². The number of ether oxygens (including phenoxy) is 1. The number of nitrogens with one attached hydrogen (secondary N) is 1. The van der Waals surface area contributed by atoms with Gasteiger partial charge in [0.05, 0.1) is 7.11 Å². The fraction of sp³-hybridized carbons (Fsp3) is 0.533. The van der Waals surface area contributed by atoms with Crippen LogP contribution in [0, 0.1) is 5.92 Å². The third kappa shape index (κ3) is 3.59. The van der Waals surface area contributed by atoms with E-state index in [1.807, 2.05) is 6.92 Å². The average molecular weight is 326 g/mol. The van der Waals surface area contributed by atoms with Crippen molar-refractivity contribution in [2.24, 2.45) is 5.92 Å². The minimum absolute atomic E-state index is 0.0929. The Kier molecular flexibility index (Phi) is 5.08. The molecule has 2 rings (SSSR count). The summed E-state index contributed by atoms with van der Waals surface area (Å²) in [7, 11) is -2.20. The minimum atomic E-state index is -3.64. The second kappa shape index (κ2) is 6.66. The summed E-state index contributed by atoms with van der Waals surface area (Å²) in [4.78, 5) is 11.3. The van der Waals surface area contributed by atoms with Gasteiger partial charge in [0.1, 0.15) is 10.6 Å². The van der Waals surface area contributed by atoms with E-state index >= 15 is 0 Å². The predicted octanol–water partition coefficient (Wildman–Crippen LogP) is 2.07. The average Bonchev–Trinajstić information content (AvgIpc) is 2.46. The largest absolute Gasteiger partial charge is 0.495 e. The molecule has 0 spiro atoms. The number of methoxy groups -OCH3 is 1. The first-order valence-corrected chi connectivity index (χ1v) is 8.74. The number of hydrogen-bond donors (Lipinski definition) is 1. The third-order valence-electron chi connectivity index (χ3n) is 3.72. The quantitative estimate of drug-likeness (QED) is 0.919. The van der Waals surface area contributed by atoms with Gasteiger partial charge in [-0.05, 0) is 37.0 Å². The summed E-state index contributed by atoms with van der Waals surface area (Å²) in [6, 6.07) is 4.64. The summed E-state index contributed by atoms with van der Waals surface area (Å²) in [6.45, 7) is 4.45. The molecule has 1 fully saturated rings. The molecule has 7 heteroatoms. The Bertz CT molecular complexity index is 658. The van der Waals surface area contributed by atoms with Gasteiger partial charge < -0.3 is 10.1 Å². The summed E-state index contributed by atoms with van der Waals surface area (Å²) >= 11 is 0. The molecule has 0 saturated carbocycles. The minimum Gasteiger partial charge on any atom is -0.495 e. The van der Waals surface area contributed by atoms with Crippen LogP contribution in [0.25, 0.3) is 0 Å². The molecule has 0 bridgehead atoms. The van der Waals surface area contributed by atoms with Gasteiger partial charge in [0, 0.05) is 25.7 Å². The topological polar surface area (TPSA) is 75.7 Å². The fourth-order valence-electron chi connectivity index (χ4n) is 2.66. The van der Waals surface area contributed by atoms with Crippen molar-refractivity contribution in [1.29, 1.82) is 0 Å². The molecule has 1 atom stereocenters. The molecule has 6 nitrogen and oxygen atoms in total. The van der Waals surface area contributed by atoms with Crippen LogP contribution in [0.3, 0.4) is 0 Å². The maximum absolute atomic E-state index is 12.9. The van der Waals surface area contributed by atoms with Crippen molar-refractivity contribution in [1.82, 2.24) is 4.31 Å². The standard InChI is InChI=1S/C15H22N2O4S/c1-11-5-4-8-17(10-11)22(19,20)15-9-13(16-12(2)18)6-7-14(15)21-3/h6-7,9,11H,4-5,8,10H2,1-3H3,(H,16,18)/t11-/m1/s1. The van der Waals surface area contributed by atoms with Crippen LogP contribution in [-0.2, 0) is 14.8 Å². The lowest BCUT2D eigenvalue weighted by molar-refractivity contribution is -0.114. The summed E-state index contributed by atoms with van der Waals surface area (Å²) < 4.78 is 32.5.